The number of methoxy groups -OCH3 is 2. The molecule has 6 rings (SSSR count). The fourth-order valence-electron chi connectivity index (χ4n) is 7.41. The molecular weight excluding hydrogens is 705 g/mol. The number of hydrogen-bond acceptors (Lipinski definition) is 8. The molecule has 0 saturated heterocycles. The number of carbonyl (C=O) groups excluding carboxylic acids is 2. The van der Waals surface area contributed by atoms with Gasteiger partial charge in [-0.2, -0.15) is 0 Å². The zero-order chi connectivity index (χ0) is 41.1. The summed E-state index contributed by atoms with van der Waals surface area (Å²) >= 11 is 0. The molecule has 2 unspecified atom stereocenters. The molecule has 2 aliphatic rings. The fourth-order valence-corrected chi connectivity index (χ4v) is 7.41. The Hall–Kier alpha value is -4.98. The monoisotopic (exact) mass is 762 g/mol. The molecule has 0 aliphatic carbocycles. The van der Waals surface area contributed by atoms with Gasteiger partial charge in [0.05, 0.1) is 14.2 Å². The maximum absolute atomic E-state index is 13.5. The Morgan fingerprint density at radius 2 is 0.839 bits per heavy atom. The van der Waals surface area contributed by atoms with Gasteiger partial charge in [0.2, 0.25) is 0 Å². The SMILES string of the molecule is COc1cc(C2C(=O)Oc3c2cc(C(C)(C)C)cc3C(C)(C)C)ccc1OCCOc1ccc(C2C(=O)Oc3c2cc(C(C)(C)C)cc3C(C)(C)C)cc1OC. The molecule has 4 aromatic rings. The third-order valence-electron chi connectivity index (χ3n) is 10.7. The van der Waals surface area contributed by atoms with Crippen molar-refractivity contribution >= 4 is 11.9 Å². The van der Waals surface area contributed by atoms with E-state index in [9.17, 15) is 9.59 Å². The van der Waals surface area contributed by atoms with E-state index < -0.39 is 11.8 Å². The lowest BCUT2D eigenvalue weighted by molar-refractivity contribution is -0.134. The number of ether oxygens (including phenoxy) is 6. The Morgan fingerprint density at radius 1 is 0.482 bits per heavy atom. The van der Waals surface area contributed by atoms with Crippen LogP contribution in [-0.4, -0.2) is 39.4 Å². The first kappa shape index (κ1) is 40.7. The largest absolute Gasteiger partial charge is 0.493 e. The topological polar surface area (TPSA) is 89.5 Å². The first-order valence-corrected chi connectivity index (χ1v) is 19.5. The standard InChI is InChI=1S/C48H58O8/c1-45(2,3)29-23-31-39(43(49)55-41(31)33(25-29)47(7,8)9)27-15-17-35(37(21-27)51-13)53-19-20-54-36-18-16-28(22-38(36)52-14)40-32-24-30(46(4,5)6)26-34(48(10,11)12)42(32)56-44(40)50/h15-18,21-26,39-40H,19-20H2,1-14H3. The Kier molecular flexibility index (Phi) is 10.5. The minimum absolute atomic E-state index is 0.113. The number of rotatable bonds is 9. The first-order valence-electron chi connectivity index (χ1n) is 19.5. The van der Waals surface area contributed by atoms with Crippen molar-refractivity contribution in [1.82, 2.24) is 0 Å². The molecule has 0 fully saturated rings. The van der Waals surface area contributed by atoms with Gasteiger partial charge in [-0.05, 0) is 68.2 Å². The lowest BCUT2D eigenvalue weighted by Crippen LogP contribution is -2.17. The van der Waals surface area contributed by atoms with E-state index in [1.165, 1.54) is 0 Å². The smallest absolute Gasteiger partial charge is 0.323 e. The average Bonchev–Trinajstić information content (AvgIpc) is 3.62. The lowest BCUT2D eigenvalue weighted by Gasteiger charge is -2.27. The van der Waals surface area contributed by atoms with Gasteiger partial charge in [0.15, 0.2) is 23.0 Å². The molecule has 8 heteroatoms. The van der Waals surface area contributed by atoms with E-state index in [0.717, 1.165) is 44.5 Å². The van der Waals surface area contributed by atoms with E-state index >= 15 is 0 Å². The quantitative estimate of drug-likeness (QED) is 0.0946. The van der Waals surface area contributed by atoms with Crippen molar-refractivity contribution in [2.75, 3.05) is 27.4 Å². The summed E-state index contributed by atoms with van der Waals surface area (Å²) in [4.78, 5) is 27.0. The summed E-state index contributed by atoms with van der Waals surface area (Å²) < 4.78 is 35.7. The molecule has 298 valence electrons. The molecule has 56 heavy (non-hydrogen) atoms. The minimum Gasteiger partial charge on any atom is -0.493 e. The lowest BCUT2D eigenvalue weighted by atomic mass is 9.77. The van der Waals surface area contributed by atoms with Gasteiger partial charge >= 0.3 is 11.9 Å². The molecule has 8 nitrogen and oxygen atoms in total. The van der Waals surface area contributed by atoms with Crippen molar-refractivity contribution in [1.29, 1.82) is 0 Å². The second-order valence-electron chi connectivity index (χ2n) is 19.1. The van der Waals surface area contributed by atoms with Crippen LogP contribution in [0.2, 0.25) is 0 Å². The molecule has 0 saturated carbocycles. The van der Waals surface area contributed by atoms with Gasteiger partial charge in [-0.3, -0.25) is 9.59 Å². The molecule has 2 aliphatic heterocycles. The minimum atomic E-state index is -0.587. The van der Waals surface area contributed by atoms with Crippen LogP contribution in [0.3, 0.4) is 0 Å². The van der Waals surface area contributed by atoms with Crippen molar-refractivity contribution in [3.8, 4) is 34.5 Å². The van der Waals surface area contributed by atoms with Gasteiger partial charge in [-0.1, -0.05) is 119 Å². The van der Waals surface area contributed by atoms with Crippen LogP contribution in [0.1, 0.15) is 139 Å². The van der Waals surface area contributed by atoms with Crippen LogP contribution < -0.4 is 28.4 Å². The molecule has 0 aromatic heterocycles. The van der Waals surface area contributed by atoms with Crippen molar-refractivity contribution in [3.63, 3.8) is 0 Å². The molecule has 4 aromatic carbocycles. The summed E-state index contributed by atoms with van der Waals surface area (Å²) in [6.45, 7) is 26.3. The second kappa shape index (κ2) is 14.5. The summed E-state index contributed by atoms with van der Waals surface area (Å²) in [5.41, 5.74) is 6.96. The van der Waals surface area contributed by atoms with Crippen LogP contribution in [0.5, 0.6) is 34.5 Å². The third kappa shape index (κ3) is 7.85. The number of carbonyl (C=O) groups is 2. The van der Waals surface area contributed by atoms with Gasteiger partial charge in [0.25, 0.3) is 0 Å². The van der Waals surface area contributed by atoms with E-state index in [-0.39, 0.29) is 46.8 Å². The maximum Gasteiger partial charge on any atom is 0.323 e. The molecule has 0 spiro atoms. The number of benzene rings is 4. The van der Waals surface area contributed by atoms with Crippen LogP contribution in [-0.2, 0) is 31.2 Å². The van der Waals surface area contributed by atoms with E-state index in [1.807, 2.05) is 36.4 Å². The van der Waals surface area contributed by atoms with Crippen molar-refractivity contribution in [2.45, 2.75) is 117 Å². The van der Waals surface area contributed by atoms with Crippen LogP contribution >= 0.6 is 0 Å². The summed E-state index contributed by atoms with van der Waals surface area (Å²) in [5.74, 6) is 1.56. The highest BCUT2D eigenvalue weighted by Crippen LogP contribution is 2.50. The third-order valence-corrected chi connectivity index (χ3v) is 10.7. The number of esters is 2. The molecule has 0 bridgehead atoms. The second-order valence-corrected chi connectivity index (χ2v) is 19.1. The molecule has 0 N–H and O–H groups in total. The summed E-state index contributed by atoms with van der Waals surface area (Å²) in [6.07, 6.45) is 0. The Labute approximate surface area is 332 Å². The first-order chi connectivity index (χ1) is 26.0. The zero-order valence-electron chi connectivity index (χ0n) is 35.6. The summed E-state index contributed by atoms with van der Waals surface area (Å²) in [7, 11) is 3.16. The van der Waals surface area contributed by atoms with Crippen molar-refractivity contribution in [2.24, 2.45) is 0 Å². The Bertz CT molecular complexity index is 2010. The van der Waals surface area contributed by atoms with Crippen LogP contribution in [0.25, 0.3) is 0 Å². The van der Waals surface area contributed by atoms with E-state index in [4.69, 9.17) is 28.4 Å². The van der Waals surface area contributed by atoms with Crippen LogP contribution in [0.4, 0.5) is 0 Å². The molecular formula is C48H58O8. The Balaban J connectivity index is 1.19. The maximum atomic E-state index is 13.5. The van der Waals surface area contributed by atoms with Gasteiger partial charge < -0.3 is 28.4 Å². The molecule has 2 heterocycles. The summed E-state index contributed by atoms with van der Waals surface area (Å²) in [6, 6.07) is 19.7. The van der Waals surface area contributed by atoms with Crippen molar-refractivity contribution in [3.05, 3.63) is 105 Å². The number of hydrogen-bond donors (Lipinski definition) is 0. The highest BCUT2D eigenvalue weighted by Gasteiger charge is 2.41. The van der Waals surface area contributed by atoms with Crippen molar-refractivity contribution < 1.29 is 38.0 Å². The molecule has 2 atom stereocenters. The highest BCUT2D eigenvalue weighted by molar-refractivity contribution is 5.91. The average molecular weight is 763 g/mol. The molecule has 0 radical (unpaired) electrons. The number of fused-ring (bicyclic) bond motifs is 2. The van der Waals surface area contributed by atoms with Crippen LogP contribution in [0, 0.1) is 0 Å². The van der Waals surface area contributed by atoms with E-state index in [2.05, 4.69) is 107 Å². The summed E-state index contributed by atoms with van der Waals surface area (Å²) in [5, 5.41) is 0. The predicted octanol–water partition coefficient (Wildman–Crippen LogP) is 10.5. The fraction of sp³-hybridized carbons (Fsp3) is 0.458. The molecule has 0 amide bonds. The van der Waals surface area contributed by atoms with Gasteiger partial charge in [-0.15, -0.1) is 0 Å². The highest BCUT2D eigenvalue weighted by atomic mass is 16.6. The van der Waals surface area contributed by atoms with E-state index in [1.54, 1.807) is 14.2 Å². The normalized spacial score (nSPS) is 16.9. The van der Waals surface area contributed by atoms with Gasteiger partial charge in [0, 0.05) is 22.3 Å². The van der Waals surface area contributed by atoms with E-state index in [0.29, 0.717) is 34.5 Å². The predicted molar refractivity (Wildman–Crippen MR) is 220 cm³/mol. The Morgan fingerprint density at radius 3 is 1.14 bits per heavy atom. The van der Waals surface area contributed by atoms with Gasteiger partial charge in [0.1, 0.15) is 36.5 Å². The zero-order valence-corrected chi connectivity index (χ0v) is 35.6. The van der Waals surface area contributed by atoms with Gasteiger partial charge in [-0.25, -0.2) is 0 Å². The van der Waals surface area contributed by atoms with Crippen LogP contribution in [0.15, 0.2) is 60.7 Å².